The molecule has 0 fully saturated rings. The Kier molecular flexibility index (Phi) is 5.06. The third-order valence-electron chi connectivity index (χ3n) is 2.41. The van der Waals surface area contributed by atoms with E-state index < -0.39 is 29.7 Å². The molecule has 0 radical (unpaired) electrons. The highest BCUT2D eigenvalue weighted by Gasteiger charge is 2.25. The summed E-state index contributed by atoms with van der Waals surface area (Å²) < 4.78 is 0. The molecule has 3 N–H and O–H groups in total. The molecule has 0 heterocycles. The first-order valence-electron chi connectivity index (χ1n) is 5.32. The fourth-order valence-corrected chi connectivity index (χ4v) is 1.59. The lowest BCUT2D eigenvalue weighted by Gasteiger charge is -2.20. The van der Waals surface area contributed by atoms with Gasteiger partial charge >= 0.3 is 6.09 Å². The second kappa shape index (κ2) is 6.55. The van der Waals surface area contributed by atoms with E-state index in [1.807, 2.05) is 0 Å². The summed E-state index contributed by atoms with van der Waals surface area (Å²) >= 11 is 0. The predicted molar refractivity (Wildman–Crippen MR) is 63.0 cm³/mol. The van der Waals surface area contributed by atoms with Gasteiger partial charge < -0.3 is 15.5 Å². The smallest absolute Gasteiger partial charge is 0.404 e. The minimum Gasteiger partial charge on any atom is -0.465 e. The molecule has 7 nitrogen and oxygen atoms in total. The van der Waals surface area contributed by atoms with Gasteiger partial charge in [0, 0.05) is 4.92 Å². The van der Waals surface area contributed by atoms with Crippen LogP contribution in [0.1, 0.15) is 5.56 Å². The van der Waals surface area contributed by atoms with Crippen LogP contribution in [0.2, 0.25) is 0 Å². The molecule has 2 atom stereocenters. The van der Waals surface area contributed by atoms with E-state index >= 15 is 0 Å². The van der Waals surface area contributed by atoms with Crippen LogP contribution >= 0.6 is 0 Å². The second-order valence-electron chi connectivity index (χ2n) is 3.83. The van der Waals surface area contributed by atoms with Crippen molar-refractivity contribution in [3.63, 3.8) is 0 Å². The van der Waals surface area contributed by atoms with Crippen molar-refractivity contribution in [3.8, 4) is 0 Å². The molecule has 7 heteroatoms. The summed E-state index contributed by atoms with van der Waals surface area (Å²) in [5, 5.41) is 30.7. The van der Waals surface area contributed by atoms with E-state index in [1.54, 1.807) is 30.3 Å². The van der Waals surface area contributed by atoms with E-state index in [0.29, 0.717) is 0 Å². The highest BCUT2D eigenvalue weighted by Crippen LogP contribution is 2.06. The van der Waals surface area contributed by atoms with Crippen LogP contribution in [0, 0.1) is 10.1 Å². The Morgan fingerprint density at radius 3 is 2.50 bits per heavy atom. The van der Waals surface area contributed by atoms with Crippen LogP contribution in [-0.4, -0.2) is 39.9 Å². The van der Waals surface area contributed by atoms with Crippen molar-refractivity contribution in [1.82, 2.24) is 5.32 Å². The molecule has 1 aromatic rings. The number of nitrogens with zero attached hydrogens (tertiary/aromatic N) is 1. The van der Waals surface area contributed by atoms with Crippen molar-refractivity contribution >= 4 is 6.09 Å². The molecule has 98 valence electrons. The molecule has 0 bridgehead atoms. The summed E-state index contributed by atoms with van der Waals surface area (Å²) in [5.74, 6) is 0. The second-order valence-corrected chi connectivity index (χ2v) is 3.83. The lowest BCUT2D eigenvalue weighted by molar-refractivity contribution is -0.491. The van der Waals surface area contributed by atoms with Crippen molar-refractivity contribution < 1.29 is 19.9 Å². The van der Waals surface area contributed by atoms with Gasteiger partial charge in [-0.15, -0.1) is 0 Å². The fraction of sp³-hybridized carbons (Fsp3) is 0.364. The Morgan fingerprint density at radius 1 is 1.39 bits per heavy atom. The Bertz CT molecular complexity index is 409. The number of rotatable bonds is 6. The molecule has 1 aromatic carbocycles. The predicted octanol–water partition coefficient (Wildman–Crippen LogP) is 0.503. The maximum Gasteiger partial charge on any atom is 0.404 e. The minimum absolute atomic E-state index is 0.197. The van der Waals surface area contributed by atoms with Crippen LogP contribution in [0.4, 0.5) is 4.79 Å². The quantitative estimate of drug-likeness (QED) is 0.505. The number of nitrogens with one attached hydrogen (secondary N) is 1. The van der Waals surface area contributed by atoms with E-state index in [4.69, 9.17) is 5.11 Å². The molecule has 0 aromatic heterocycles. The van der Waals surface area contributed by atoms with Gasteiger partial charge in [0.1, 0.15) is 6.10 Å². The zero-order valence-corrected chi connectivity index (χ0v) is 9.52. The molecule has 18 heavy (non-hydrogen) atoms. The normalized spacial score (nSPS) is 13.6. The standard InChI is InChI=1S/C11H14N2O5/c14-10(7-13(17)18)9(12-11(15)16)6-8-4-2-1-3-5-8/h1-5,9-10,12,14H,6-7H2,(H,15,16). The van der Waals surface area contributed by atoms with Crippen LogP contribution in [0.25, 0.3) is 0 Å². The first kappa shape index (κ1) is 13.9. The number of aliphatic hydroxyl groups is 1. The highest BCUT2D eigenvalue weighted by atomic mass is 16.6. The molecule has 1 rings (SSSR count). The van der Waals surface area contributed by atoms with Crippen LogP contribution < -0.4 is 5.32 Å². The Morgan fingerprint density at radius 2 is 2.00 bits per heavy atom. The number of carbonyl (C=O) groups is 1. The third kappa shape index (κ3) is 4.79. The van der Waals surface area contributed by atoms with Gasteiger partial charge in [-0.3, -0.25) is 10.1 Å². The molecule has 0 aliphatic heterocycles. The van der Waals surface area contributed by atoms with Crippen molar-refractivity contribution in [2.75, 3.05) is 6.54 Å². The highest BCUT2D eigenvalue weighted by molar-refractivity contribution is 5.65. The molecule has 0 saturated carbocycles. The zero-order valence-electron chi connectivity index (χ0n) is 9.52. The van der Waals surface area contributed by atoms with Gasteiger partial charge in [0.2, 0.25) is 6.54 Å². The molecule has 2 unspecified atom stereocenters. The topological polar surface area (TPSA) is 113 Å². The summed E-state index contributed by atoms with van der Waals surface area (Å²) in [5.41, 5.74) is 0.790. The average molecular weight is 254 g/mol. The molecular weight excluding hydrogens is 240 g/mol. The van der Waals surface area contributed by atoms with Crippen molar-refractivity contribution in [3.05, 3.63) is 46.0 Å². The average Bonchev–Trinajstić information content (AvgIpc) is 2.28. The van der Waals surface area contributed by atoms with Gasteiger partial charge in [0.15, 0.2) is 0 Å². The Balaban J connectivity index is 2.71. The van der Waals surface area contributed by atoms with Gasteiger partial charge in [0.05, 0.1) is 6.04 Å². The maximum absolute atomic E-state index is 10.6. The molecule has 0 aliphatic carbocycles. The third-order valence-corrected chi connectivity index (χ3v) is 2.41. The molecule has 0 saturated heterocycles. The Labute approximate surface area is 103 Å². The largest absolute Gasteiger partial charge is 0.465 e. The molecule has 0 aliphatic rings. The molecule has 1 amide bonds. The SMILES string of the molecule is O=C(O)NC(Cc1ccccc1)C(O)C[N+](=O)[O-]. The van der Waals surface area contributed by atoms with Crippen molar-refractivity contribution in [2.45, 2.75) is 18.6 Å². The Hall–Kier alpha value is -2.15. The van der Waals surface area contributed by atoms with E-state index in [9.17, 15) is 20.0 Å². The summed E-state index contributed by atoms with van der Waals surface area (Å²) in [6.07, 6.45) is -2.49. The number of hydrogen-bond donors (Lipinski definition) is 3. The van der Waals surface area contributed by atoms with E-state index in [2.05, 4.69) is 5.32 Å². The van der Waals surface area contributed by atoms with Crippen LogP contribution in [-0.2, 0) is 6.42 Å². The number of aliphatic hydroxyl groups excluding tert-OH is 1. The number of hydrogen-bond acceptors (Lipinski definition) is 4. The van der Waals surface area contributed by atoms with Crippen molar-refractivity contribution in [1.29, 1.82) is 0 Å². The lowest BCUT2D eigenvalue weighted by atomic mass is 10.0. The fourth-order valence-electron chi connectivity index (χ4n) is 1.59. The summed E-state index contributed by atoms with van der Waals surface area (Å²) in [6.45, 7) is -0.697. The van der Waals surface area contributed by atoms with Gasteiger partial charge in [-0.05, 0) is 12.0 Å². The van der Waals surface area contributed by atoms with Gasteiger partial charge in [-0.25, -0.2) is 4.79 Å². The summed E-state index contributed by atoms with van der Waals surface area (Å²) in [6, 6.07) is 7.96. The van der Waals surface area contributed by atoms with Gasteiger partial charge in [-0.1, -0.05) is 30.3 Å². The lowest BCUT2D eigenvalue weighted by Crippen LogP contribution is -2.47. The number of benzene rings is 1. The maximum atomic E-state index is 10.6. The summed E-state index contributed by atoms with van der Waals surface area (Å²) in [7, 11) is 0. The van der Waals surface area contributed by atoms with Crippen LogP contribution in [0.5, 0.6) is 0 Å². The van der Waals surface area contributed by atoms with Gasteiger partial charge in [0.25, 0.3) is 0 Å². The monoisotopic (exact) mass is 254 g/mol. The van der Waals surface area contributed by atoms with Crippen LogP contribution in [0.15, 0.2) is 30.3 Å². The molecular formula is C11H14N2O5. The van der Waals surface area contributed by atoms with E-state index in [1.165, 1.54) is 0 Å². The zero-order chi connectivity index (χ0) is 13.5. The number of nitro groups is 1. The number of carboxylic acid groups (broad SMARTS) is 1. The summed E-state index contributed by atoms with van der Waals surface area (Å²) in [4.78, 5) is 20.2. The first-order chi connectivity index (χ1) is 8.49. The van der Waals surface area contributed by atoms with Crippen molar-refractivity contribution in [2.24, 2.45) is 0 Å². The molecule has 0 spiro atoms. The van der Waals surface area contributed by atoms with Crippen LogP contribution in [0.3, 0.4) is 0 Å². The minimum atomic E-state index is -1.36. The van der Waals surface area contributed by atoms with E-state index in [-0.39, 0.29) is 6.42 Å². The van der Waals surface area contributed by atoms with E-state index in [0.717, 1.165) is 5.56 Å². The number of amides is 1. The van der Waals surface area contributed by atoms with Gasteiger partial charge in [-0.2, -0.15) is 0 Å². The first-order valence-corrected chi connectivity index (χ1v) is 5.32.